The van der Waals surface area contributed by atoms with Gasteiger partial charge in [-0.1, -0.05) is 58.7 Å². The molecule has 1 aliphatic heterocycles. The highest BCUT2D eigenvalue weighted by Gasteiger charge is 2.61. The molecule has 6 atom stereocenters. The maximum Gasteiger partial charge on any atom is 0.459 e. The van der Waals surface area contributed by atoms with E-state index >= 15 is 0 Å². The van der Waals surface area contributed by atoms with E-state index in [0.717, 1.165) is 12.8 Å². The first-order chi connectivity index (χ1) is 24.4. The van der Waals surface area contributed by atoms with E-state index in [1.165, 1.54) is 31.0 Å². The fourth-order valence-corrected chi connectivity index (χ4v) is 7.02. The molecule has 0 saturated carbocycles. The number of para-hydroxylation sites is 1. The lowest BCUT2D eigenvalue weighted by Gasteiger charge is -2.32. The Morgan fingerprint density at radius 3 is 2.41 bits per heavy atom. The number of aliphatic imine (C=N–C) groups is 1. The van der Waals surface area contributed by atoms with Gasteiger partial charge < -0.3 is 29.2 Å². The fourth-order valence-electron chi connectivity index (χ4n) is 5.49. The second kappa shape index (κ2) is 17.7. The van der Waals surface area contributed by atoms with Gasteiger partial charge in [-0.2, -0.15) is 10.2 Å². The average Bonchev–Trinajstić information content (AvgIpc) is 3.68. The van der Waals surface area contributed by atoms with E-state index < -0.39 is 62.2 Å². The highest BCUT2D eigenvalue weighted by atomic mass is 31.2. The minimum absolute atomic E-state index is 0.00232. The number of fused-ring (bicyclic) bond motifs is 1. The van der Waals surface area contributed by atoms with Crippen LogP contribution in [0.4, 0.5) is 5.82 Å². The van der Waals surface area contributed by atoms with Crippen molar-refractivity contribution in [1.29, 1.82) is 0 Å². The molecule has 0 amide bonds. The van der Waals surface area contributed by atoms with Gasteiger partial charge in [-0.05, 0) is 37.1 Å². The molecule has 51 heavy (non-hydrogen) atoms. The van der Waals surface area contributed by atoms with Crippen molar-refractivity contribution in [3.05, 3.63) is 54.5 Å². The standard InChI is InChI=1S/C34H47N6O10P/c1-7-23(8-2)18-45-33(43)22(5)39-51(44,50-24-14-12-11-13-15-24)46-20-34(19-36-6)31(48-28(42)10-4)30(47-27(41)9-3)29(49-34)25-16-17-26-32(35)37-21-38-40(25)26/h11-17,19,21-23,29-31H,7-10,18,20H2,1-6H3,(H,39,44)(H2,35,37,38)/t22-,29-,30-,31-,34+,51?/m0/s1. The molecule has 16 nitrogen and oxygen atoms in total. The molecule has 1 unspecified atom stereocenters. The summed E-state index contributed by atoms with van der Waals surface area (Å²) in [5.41, 5.74) is 5.11. The van der Waals surface area contributed by atoms with Gasteiger partial charge in [0.15, 0.2) is 23.6 Å². The number of anilines is 1. The normalized spacial score (nSPS) is 22.1. The zero-order valence-electron chi connectivity index (χ0n) is 29.7. The summed E-state index contributed by atoms with van der Waals surface area (Å²) in [7, 11) is -3.00. The number of carbonyl (C=O) groups is 3. The first kappa shape index (κ1) is 39.4. The summed E-state index contributed by atoms with van der Waals surface area (Å²) in [6.07, 6.45) is 0.447. The number of carbonyl (C=O) groups excluding carboxylic acids is 3. The predicted octanol–water partition coefficient (Wildman–Crippen LogP) is 4.63. The summed E-state index contributed by atoms with van der Waals surface area (Å²) in [4.78, 5) is 47.0. The van der Waals surface area contributed by atoms with Crippen molar-refractivity contribution in [3.8, 4) is 5.75 Å². The van der Waals surface area contributed by atoms with E-state index in [0.29, 0.717) is 11.2 Å². The first-order valence-electron chi connectivity index (χ1n) is 16.9. The van der Waals surface area contributed by atoms with Gasteiger partial charge in [0.05, 0.1) is 18.9 Å². The minimum Gasteiger partial charge on any atom is -0.464 e. The molecule has 1 fully saturated rings. The number of nitrogen functional groups attached to an aromatic ring is 1. The van der Waals surface area contributed by atoms with Crippen LogP contribution < -0.4 is 15.3 Å². The summed E-state index contributed by atoms with van der Waals surface area (Å²) in [5, 5.41) is 6.99. The quantitative estimate of drug-likeness (QED) is 0.0793. The number of nitrogens with one attached hydrogen (secondary N) is 1. The molecule has 278 valence electrons. The Kier molecular flexibility index (Phi) is 13.7. The lowest BCUT2D eigenvalue weighted by Crippen LogP contribution is -2.52. The lowest BCUT2D eigenvalue weighted by molar-refractivity contribution is -0.168. The first-order valence-corrected chi connectivity index (χ1v) is 18.5. The number of esters is 3. The van der Waals surface area contributed by atoms with Gasteiger partial charge >= 0.3 is 25.7 Å². The third-order valence-electron chi connectivity index (χ3n) is 8.43. The molecule has 0 aliphatic carbocycles. The molecular weight excluding hydrogens is 683 g/mol. The molecule has 4 rings (SSSR count). The fraction of sp³-hybridized carbons (Fsp3) is 0.529. The van der Waals surface area contributed by atoms with Gasteiger partial charge in [0.2, 0.25) is 0 Å². The zero-order chi connectivity index (χ0) is 37.2. The second-order valence-electron chi connectivity index (χ2n) is 12.0. The number of ether oxygens (including phenoxy) is 4. The molecular formula is C34H47N6O10P. The van der Waals surface area contributed by atoms with E-state index in [9.17, 15) is 18.9 Å². The molecule has 17 heteroatoms. The smallest absolute Gasteiger partial charge is 0.459 e. The Morgan fingerprint density at radius 1 is 1.08 bits per heavy atom. The monoisotopic (exact) mass is 730 g/mol. The van der Waals surface area contributed by atoms with Crippen molar-refractivity contribution in [2.45, 2.75) is 90.3 Å². The van der Waals surface area contributed by atoms with Gasteiger partial charge in [-0.3, -0.25) is 23.9 Å². The molecule has 0 spiro atoms. The predicted molar refractivity (Wildman–Crippen MR) is 187 cm³/mol. The maximum atomic E-state index is 14.6. The number of nitrogens with zero attached hydrogens (tertiary/aromatic N) is 4. The third-order valence-corrected chi connectivity index (χ3v) is 10.1. The molecule has 2 aromatic heterocycles. The van der Waals surface area contributed by atoms with Crippen LogP contribution in [0.15, 0.2) is 53.8 Å². The molecule has 3 N–H and O–H groups in total. The minimum atomic E-state index is -4.46. The third kappa shape index (κ3) is 9.50. The second-order valence-corrected chi connectivity index (χ2v) is 13.7. The molecule has 1 aromatic carbocycles. The Hall–Kier alpha value is -4.37. The van der Waals surface area contributed by atoms with Crippen molar-refractivity contribution >= 4 is 43.2 Å². The Balaban J connectivity index is 1.75. The number of benzene rings is 1. The summed E-state index contributed by atoms with van der Waals surface area (Å²) in [5.74, 6) is -1.37. The number of aromatic nitrogens is 3. The van der Waals surface area contributed by atoms with Crippen molar-refractivity contribution < 1.29 is 46.9 Å². The van der Waals surface area contributed by atoms with Crippen molar-refractivity contribution in [1.82, 2.24) is 19.7 Å². The molecule has 3 aromatic rings. The molecule has 0 radical (unpaired) electrons. The van der Waals surface area contributed by atoms with Crippen LogP contribution in [0.1, 0.15) is 72.1 Å². The topological polar surface area (TPSA) is 204 Å². The van der Waals surface area contributed by atoms with Crippen LogP contribution in [-0.4, -0.2) is 82.8 Å². The Labute approximate surface area is 297 Å². The number of rotatable bonds is 18. The van der Waals surface area contributed by atoms with Crippen LogP contribution in [0.5, 0.6) is 5.75 Å². The lowest BCUT2D eigenvalue weighted by atomic mass is 9.95. The van der Waals surface area contributed by atoms with Gasteiger partial charge in [0.25, 0.3) is 0 Å². The summed E-state index contributed by atoms with van der Waals surface area (Å²) < 4.78 is 52.0. The van der Waals surface area contributed by atoms with Gasteiger partial charge in [0, 0.05) is 26.1 Å². The molecule has 1 saturated heterocycles. The Morgan fingerprint density at radius 2 is 1.76 bits per heavy atom. The van der Waals surface area contributed by atoms with E-state index in [1.807, 2.05) is 13.8 Å². The van der Waals surface area contributed by atoms with Gasteiger partial charge in [-0.15, -0.1) is 0 Å². The van der Waals surface area contributed by atoms with E-state index in [4.69, 9.17) is 33.7 Å². The number of hydrogen-bond acceptors (Lipinski definition) is 14. The van der Waals surface area contributed by atoms with Gasteiger partial charge in [0.1, 0.15) is 29.7 Å². The number of hydrogen-bond donors (Lipinski definition) is 2. The SMILES string of the molecule is CCC(=O)O[C@H]1[C@H](c2ccc3c(N)ncnn23)O[C@](C=NC)(COP(=O)(N[C@@H](C)C(=O)OCC(CC)CC)Oc2ccccc2)[C@H]1OC(=O)CC. The van der Waals surface area contributed by atoms with Crippen LogP contribution >= 0.6 is 7.75 Å². The van der Waals surface area contributed by atoms with E-state index in [2.05, 4.69) is 20.2 Å². The van der Waals surface area contributed by atoms with E-state index in [1.54, 1.807) is 56.3 Å². The number of nitrogens with two attached hydrogens (primary N) is 1. The zero-order valence-corrected chi connectivity index (χ0v) is 30.6. The van der Waals surface area contributed by atoms with Crippen molar-refractivity contribution in [2.75, 3.05) is 26.0 Å². The summed E-state index contributed by atoms with van der Waals surface area (Å²) in [6.45, 7) is 8.28. The summed E-state index contributed by atoms with van der Waals surface area (Å²) in [6, 6.07) is 10.4. The maximum absolute atomic E-state index is 14.6. The van der Waals surface area contributed by atoms with Crippen LogP contribution in [0, 0.1) is 5.92 Å². The highest BCUT2D eigenvalue weighted by molar-refractivity contribution is 7.52. The molecule has 1 aliphatic rings. The van der Waals surface area contributed by atoms with Crippen LogP contribution in [0.3, 0.4) is 0 Å². The molecule has 0 bridgehead atoms. The van der Waals surface area contributed by atoms with Gasteiger partial charge in [-0.25, -0.2) is 14.1 Å². The average molecular weight is 731 g/mol. The van der Waals surface area contributed by atoms with Crippen LogP contribution in [0.25, 0.3) is 5.52 Å². The van der Waals surface area contributed by atoms with Crippen molar-refractivity contribution in [3.63, 3.8) is 0 Å². The summed E-state index contributed by atoms with van der Waals surface area (Å²) >= 11 is 0. The van der Waals surface area contributed by atoms with Crippen LogP contribution in [0.2, 0.25) is 0 Å². The molecule has 3 heterocycles. The van der Waals surface area contributed by atoms with Crippen LogP contribution in [-0.2, 0) is 42.4 Å². The Bertz CT molecular complexity index is 1720. The van der Waals surface area contributed by atoms with E-state index in [-0.39, 0.29) is 36.9 Å². The highest BCUT2D eigenvalue weighted by Crippen LogP contribution is 2.49. The largest absolute Gasteiger partial charge is 0.464 e. The van der Waals surface area contributed by atoms with Crippen molar-refractivity contribution in [2.24, 2.45) is 10.9 Å².